The SMILES string of the molecule is CCC(NC[C@H](O)c1cc(O)cc2c1OCC(=O)N2)c1ccc(OCCC[N+]23CCC(CC2)[C@@H](OC[C@@](O)(c2ccccc2)C2CCCC2)C3)cc1. The lowest BCUT2D eigenvalue weighted by molar-refractivity contribution is -0.946. The Balaban J connectivity index is 0.881. The fraction of sp³-hybridized carbons (Fsp3) is 0.548. The summed E-state index contributed by atoms with van der Waals surface area (Å²) < 4.78 is 19.6. The van der Waals surface area contributed by atoms with Gasteiger partial charge in [0.2, 0.25) is 0 Å². The number of nitrogens with one attached hydrogen (secondary N) is 2. The van der Waals surface area contributed by atoms with Gasteiger partial charge in [0.05, 0.1) is 44.6 Å². The first-order chi connectivity index (χ1) is 25.2. The number of benzene rings is 3. The first-order valence-electron chi connectivity index (χ1n) is 19.4. The number of amides is 1. The lowest BCUT2D eigenvalue weighted by Gasteiger charge is -2.53. The maximum atomic E-state index is 12.1. The molecule has 4 fully saturated rings. The minimum absolute atomic E-state index is 0.00676. The van der Waals surface area contributed by atoms with Crippen LogP contribution in [0.1, 0.15) is 87.1 Å². The number of hydrogen-bond donors (Lipinski definition) is 5. The largest absolute Gasteiger partial charge is 0.508 e. The fourth-order valence-electron chi connectivity index (χ4n) is 9.23. The van der Waals surface area contributed by atoms with Gasteiger partial charge in [0.25, 0.3) is 5.91 Å². The number of piperidine rings is 3. The molecule has 5 N–H and O–H groups in total. The van der Waals surface area contributed by atoms with Crippen molar-refractivity contribution >= 4 is 11.6 Å². The first-order valence-corrected chi connectivity index (χ1v) is 19.4. The number of nitrogens with zero attached hydrogens (tertiary/aromatic N) is 1. The quantitative estimate of drug-likeness (QED) is 0.0908. The first kappa shape index (κ1) is 36.7. The van der Waals surface area contributed by atoms with Crippen LogP contribution >= 0.6 is 0 Å². The third-order valence-corrected chi connectivity index (χ3v) is 12.2. The molecule has 5 aliphatic rings. The maximum absolute atomic E-state index is 12.1. The van der Waals surface area contributed by atoms with Crippen molar-refractivity contribution < 1.29 is 38.8 Å². The van der Waals surface area contributed by atoms with E-state index in [2.05, 4.69) is 41.8 Å². The number of carbonyl (C=O) groups is 1. The number of ether oxygens (including phenoxy) is 3. The monoisotopic (exact) mass is 714 g/mol. The number of phenolic OH excluding ortho intramolecular Hbond substituents is 1. The van der Waals surface area contributed by atoms with Gasteiger partial charge in [-0.2, -0.15) is 0 Å². The van der Waals surface area contributed by atoms with E-state index in [0.717, 1.165) is 60.1 Å². The number of quaternary nitrogens is 1. The summed E-state index contributed by atoms with van der Waals surface area (Å²) in [5.41, 5.74) is 1.96. The molecule has 1 saturated carbocycles. The standard InChI is InChI=1S/C42H55N3O7/c1-2-36(43-25-38(47)35-23-33(46)24-37-41(35)51-27-40(48)44-37)29-13-15-34(16-14-29)50-22-8-19-45-20-17-30(18-21-45)39(26-45)52-28-42(49,32-11-6-7-12-32)31-9-4-3-5-10-31/h3-5,9-10,13-16,23-24,30,32,36,38-39,43,47,49H,2,6-8,11-12,17-22,25-28H2,1H3,(H-,44,46,48)/p+1/t30?,36?,38-,39-,42+,45?/m0/s1. The van der Waals surface area contributed by atoms with E-state index in [9.17, 15) is 20.1 Å². The Kier molecular flexibility index (Phi) is 11.4. The molecule has 2 bridgehead atoms. The predicted octanol–water partition coefficient (Wildman–Crippen LogP) is 5.97. The normalized spacial score (nSPS) is 25.1. The molecule has 10 heteroatoms. The summed E-state index contributed by atoms with van der Waals surface area (Å²) in [5, 5.41) is 39.3. The number of aliphatic hydroxyl groups is 2. The smallest absolute Gasteiger partial charge is 0.262 e. The average molecular weight is 715 g/mol. The number of rotatable bonds is 16. The molecule has 0 radical (unpaired) electrons. The summed E-state index contributed by atoms with van der Waals surface area (Å²) in [6, 6.07) is 21.3. The number of carbonyl (C=O) groups excluding carboxylic acids is 1. The highest BCUT2D eigenvalue weighted by molar-refractivity contribution is 5.96. The molecule has 280 valence electrons. The minimum atomic E-state index is -0.944. The molecule has 3 saturated heterocycles. The van der Waals surface area contributed by atoms with Crippen LogP contribution in [-0.2, 0) is 15.1 Å². The maximum Gasteiger partial charge on any atom is 0.262 e. The molecule has 1 aliphatic carbocycles. The van der Waals surface area contributed by atoms with E-state index in [1.165, 1.54) is 50.9 Å². The van der Waals surface area contributed by atoms with Crippen molar-refractivity contribution in [2.45, 2.75) is 82.1 Å². The molecule has 3 aromatic rings. The topological polar surface area (TPSA) is 130 Å². The van der Waals surface area contributed by atoms with Crippen LogP contribution in [0, 0.1) is 11.8 Å². The average Bonchev–Trinajstić information content (AvgIpc) is 3.73. The van der Waals surface area contributed by atoms with Crippen LogP contribution in [0.5, 0.6) is 17.2 Å². The highest BCUT2D eigenvalue weighted by Crippen LogP contribution is 2.43. The van der Waals surface area contributed by atoms with Crippen molar-refractivity contribution in [3.63, 3.8) is 0 Å². The van der Waals surface area contributed by atoms with Gasteiger partial charge in [-0.05, 0) is 54.5 Å². The zero-order valence-corrected chi connectivity index (χ0v) is 30.5. The Labute approximate surface area is 307 Å². The number of aliphatic hydroxyl groups excluding tert-OH is 1. The Bertz CT molecular complexity index is 1640. The Morgan fingerprint density at radius 1 is 1.04 bits per heavy atom. The van der Waals surface area contributed by atoms with Crippen molar-refractivity contribution in [2.24, 2.45) is 11.8 Å². The number of aromatic hydroxyl groups is 1. The zero-order chi connectivity index (χ0) is 36.1. The summed E-state index contributed by atoms with van der Waals surface area (Å²) in [5.74, 6) is 1.72. The van der Waals surface area contributed by atoms with Crippen molar-refractivity contribution in [3.8, 4) is 17.2 Å². The molecular weight excluding hydrogens is 658 g/mol. The van der Waals surface area contributed by atoms with Gasteiger partial charge in [0.15, 0.2) is 6.61 Å². The van der Waals surface area contributed by atoms with Crippen LogP contribution in [0.2, 0.25) is 0 Å². The van der Waals surface area contributed by atoms with Gasteiger partial charge in [-0.25, -0.2) is 0 Å². The molecular formula is C42H56N3O7+. The van der Waals surface area contributed by atoms with Crippen LogP contribution in [0.15, 0.2) is 66.7 Å². The van der Waals surface area contributed by atoms with Gasteiger partial charge in [0, 0.05) is 49.4 Å². The van der Waals surface area contributed by atoms with Gasteiger partial charge in [-0.1, -0.05) is 62.2 Å². The molecule has 3 aromatic carbocycles. The minimum Gasteiger partial charge on any atom is -0.508 e. The summed E-state index contributed by atoms with van der Waals surface area (Å²) in [6.45, 7) is 7.72. The van der Waals surface area contributed by atoms with Crippen LogP contribution in [0.25, 0.3) is 0 Å². The molecule has 4 aliphatic heterocycles. The number of fused-ring (bicyclic) bond motifs is 4. The van der Waals surface area contributed by atoms with Crippen molar-refractivity contribution in [1.82, 2.24) is 5.32 Å². The van der Waals surface area contributed by atoms with Crippen LogP contribution in [0.3, 0.4) is 0 Å². The van der Waals surface area contributed by atoms with E-state index in [1.807, 2.05) is 30.3 Å². The number of anilines is 1. The molecule has 10 nitrogen and oxygen atoms in total. The predicted molar refractivity (Wildman–Crippen MR) is 199 cm³/mol. The van der Waals surface area contributed by atoms with Crippen molar-refractivity contribution in [2.75, 3.05) is 57.9 Å². The summed E-state index contributed by atoms with van der Waals surface area (Å²) in [7, 11) is 0. The van der Waals surface area contributed by atoms with Gasteiger partial charge < -0.3 is 44.6 Å². The molecule has 4 atom stereocenters. The van der Waals surface area contributed by atoms with Crippen LogP contribution in [0.4, 0.5) is 5.69 Å². The number of phenols is 1. The fourth-order valence-corrected chi connectivity index (χ4v) is 9.23. The summed E-state index contributed by atoms with van der Waals surface area (Å²) >= 11 is 0. The highest BCUT2D eigenvalue weighted by atomic mass is 16.5. The third kappa shape index (κ3) is 8.11. The van der Waals surface area contributed by atoms with E-state index in [0.29, 0.717) is 36.1 Å². The number of hydrogen-bond acceptors (Lipinski definition) is 8. The van der Waals surface area contributed by atoms with Crippen LogP contribution in [-0.4, -0.2) is 84.4 Å². The van der Waals surface area contributed by atoms with Crippen molar-refractivity contribution in [3.05, 3.63) is 83.4 Å². The summed E-state index contributed by atoms with van der Waals surface area (Å²) in [6.07, 6.45) is 7.90. The third-order valence-electron chi connectivity index (χ3n) is 12.2. The zero-order valence-electron chi connectivity index (χ0n) is 30.5. The van der Waals surface area contributed by atoms with E-state index in [1.54, 1.807) is 0 Å². The molecule has 4 heterocycles. The van der Waals surface area contributed by atoms with Gasteiger partial charge >= 0.3 is 0 Å². The van der Waals surface area contributed by atoms with Crippen LogP contribution < -0.4 is 20.1 Å². The second-order valence-electron chi connectivity index (χ2n) is 15.6. The van der Waals surface area contributed by atoms with Gasteiger partial charge in [-0.15, -0.1) is 0 Å². The Hall–Kier alpha value is -3.67. The second-order valence-corrected chi connectivity index (χ2v) is 15.6. The van der Waals surface area contributed by atoms with E-state index < -0.39 is 11.7 Å². The van der Waals surface area contributed by atoms with E-state index in [4.69, 9.17) is 14.2 Å². The van der Waals surface area contributed by atoms with Gasteiger partial charge in [0.1, 0.15) is 35.5 Å². The van der Waals surface area contributed by atoms with E-state index in [-0.39, 0.29) is 42.9 Å². The lowest BCUT2D eigenvalue weighted by Crippen LogP contribution is -2.65. The molecule has 0 spiro atoms. The molecule has 0 aromatic heterocycles. The molecule has 8 rings (SSSR count). The Morgan fingerprint density at radius 2 is 1.79 bits per heavy atom. The summed E-state index contributed by atoms with van der Waals surface area (Å²) in [4.78, 5) is 11.7. The lowest BCUT2D eigenvalue weighted by atomic mass is 9.80. The molecule has 1 unspecified atom stereocenters. The molecule has 52 heavy (non-hydrogen) atoms. The highest BCUT2D eigenvalue weighted by Gasteiger charge is 2.48. The van der Waals surface area contributed by atoms with Gasteiger partial charge in [-0.3, -0.25) is 4.79 Å². The van der Waals surface area contributed by atoms with E-state index >= 15 is 0 Å². The molecule has 1 amide bonds. The van der Waals surface area contributed by atoms with Crippen molar-refractivity contribution in [1.29, 1.82) is 0 Å². The second kappa shape index (κ2) is 16.1. The Morgan fingerprint density at radius 3 is 2.52 bits per heavy atom.